The number of nitro groups is 1. The summed E-state index contributed by atoms with van der Waals surface area (Å²) in [5.74, 6) is 0.540. The molecule has 9 heteroatoms. The standard InChI is InChI=1S/C21H21N3O6/c1-29-14-6-8-19(30-2)17(11-14)18-4-3-9-22(18)12-23-20(25)15-7-5-13(24(27)28)10-16(15)21(23)26/h5-8,10-11,18H,3-4,9,12H2,1-2H3/p+1/t18-/m1/s1. The average Bonchev–Trinajstić information content (AvgIpc) is 3.31. The number of hydrogen-bond donors (Lipinski definition) is 1. The Hall–Kier alpha value is -3.46. The molecule has 1 fully saturated rings. The van der Waals surface area contributed by atoms with Crippen LogP contribution in [0.1, 0.15) is 45.2 Å². The first-order chi connectivity index (χ1) is 14.4. The van der Waals surface area contributed by atoms with Crippen molar-refractivity contribution in [3.8, 4) is 11.5 Å². The predicted molar refractivity (Wildman–Crippen MR) is 106 cm³/mol. The number of likely N-dealkylation sites (tertiary alicyclic amines) is 1. The van der Waals surface area contributed by atoms with E-state index in [1.165, 1.54) is 23.1 Å². The van der Waals surface area contributed by atoms with E-state index >= 15 is 0 Å². The largest absolute Gasteiger partial charge is 0.497 e. The van der Waals surface area contributed by atoms with E-state index in [4.69, 9.17) is 9.47 Å². The van der Waals surface area contributed by atoms with E-state index < -0.39 is 16.7 Å². The number of methoxy groups -OCH3 is 2. The number of amides is 2. The molecule has 0 aliphatic carbocycles. The molecule has 2 amide bonds. The molecular formula is C21H22N3O6+. The Morgan fingerprint density at radius 3 is 2.57 bits per heavy atom. The van der Waals surface area contributed by atoms with E-state index in [0.29, 0.717) is 5.75 Å². The van der Waals surface area contributed by atoms with Gasteiger partial charge in [0.2, 0.25) is 0 Å². The van der Waals surface area contributed by atoms with E-state index in [1.807, 2.05) is 18.2 Å². The maximum absolute atomic E-state index is 12.9. The highest BCUT2D eigenvalue weighted by atomic mass is 16.6. The van der Waals surface area contributed by atoms with Crippen LogP contribution in [0.3, 0.4) is 0 Å². The fourth-order valence-corrected chi connectivity index (χ4v) is 4.33. The second-order valence-electron chi connectivity index (χ2n) is 7.39. The van der Waals surface area contributed by atoms with Crippen LogP contribution in [0.25, 0.3) is 0 Å². The van der Waals surface area contributed by atoms with Crippen molar-refractivity contribution in [2.45, 2.75) is 18.9 Å². The molecule has 2 aliphatic rings. The maximum Gasteiger partial charge on any atom is 0.270 e. The maximum atomic E-state index is 12.9. The number of nitro benzene ring substituents is 1. The minimum Gasteiger partial charge on any atom is -0.497 e. The molecule has 0 bridgehead atoms. The number of carbonyl (C=O) groups is 2. The van der Waals surface area contributed by atoms with Gasteiger partial charge in [-0.1, -0.05) is 0 Å². The lowest BCUT2D eigenvalue weighted by Gasteiger charge is -2.26. The van der Waals surface area contributed by atoms with Gasteiger partial charge in [-0.05, 0) is 24.3 Å². The molecule has 30 heavy (non-hydrogen) atoms. The smallest absolute Gasteiger partial charge is 0.270 e. The molecule has 2 aliphatic heterocycles. The summed E-state index contributed by atoms with van der Waals surface area (Å²) in [7, 11) is 3.21. The molecule has 1 saturated heterocycles. The van der Waals surface area contributed by atoms with Gasteiger partial charge < -0.3 is 14.4 Å². The number of carbonyl (C=O) groups excluding carboxylic acids is 2. The number of rotatable bonds is 6. The van der Waals surface area contributed by atoms with E-state index in [-0.39, 0.29) is 29.5 Å². The summed E-state index contributed by atoms with van der Waals surface area (Å²) in [5, 5.41) is 11.0. The molecule has 1 N–H and O–H groups in total. The molecule has 2 aromatic carbocycles. The first-order valence-electron chi connectivity index (χ1n) is 9.65. The number of nitrogens with zero attached hydrogens (tertiary/aromatic N) is 2. The van der Waals surface area contributed by atoms with Crippen LogP contribution in [0.4, 0.5) is 5.69 Å². The van der Waals surface area contributed by atoms with Gasteiger partial charge in [0.1, 0.15) is 17.5 Å². The Morgan fingerprint density at radius 1 is 1.10 bits per heavy atom. The van der Waals surface area contributed by atoms with Gasteiger partial charge in [-0.3, -0.25) is 19.7 Å². The van der Waals surface area contributed by atoms with Crippen molar-refractivity contribution in [2.24, 2.45) is 0 Å². The molecule has 2 heterocycles. The Kier molecular flexibility index (Phi) is 5.13. The molecule has 1 unspecified atom stereocenters. The lowest BCUT2D eigenvalue weighted by molar-refractivity contribution is -0.925. The van der Waals surface area contributed by atoms with Gasteiger partial charge in [0, 0.05) is 25.0 Å². The van der Waals surface area contributed by atoms with Crippen LogP contribution in [0, 0.1) is 10.1 Å². The molecule has 4 rings (SSSR count). The average molecular weight is 412 g/mol. The monoisotopic (exact) mass is 412 g/mol. The van der Waals surface area contributed by atoms with E-state index in [9.17, 15) is 19.7 Å². The Bertz CT molecular complexity index is 1040. The second kappa shape index (κ2) is 7.75. The Labute approximate surface area is 172 Å². The third kappa shape index (κ3) is 3.26. The normalized spacial score (nSPS) is 20.4. The fourth-order valence-electron chi connectivity index (χ4n) is 4.33. The molecular weight excluding hydrogens is 390 g/mol. The molecule has 0 saturated carbocycles. The zero-order chi connectivity index (χ0) is 21.4. The van der Waals surface area contributed by atoms with E-state index in [1.54, 1.807) is 14.2 Å². The summed E-state index contributed by atoms with van der Waals surface area (Å²) >= 11 is 0. The van der Waals surface area contributed by atoms with Gasteiger partial charge in [-0.25, -0.2) is 4.90 Å². The third-order valence-corrected chi connectivity index (χ3v) is 5.82. The first kappa shape index (κ1) is 19.8. The van der Waals surface area contributed by atoms with Crippen molar-refractivity contribution >= 4 is 17.5 Å². The van der Waals surface area contributed by atoms with Gasteiger partial charge in [-0.2, -0.15) is 0 Å². The number of ether oxygens (including phenoxy) is 2. The van der Waals surface area contributed by atoms with Crippen molar-refractivity contribution in [2.75, 3.05) is 27.4 Å². The number of non-ortho nitro benzene ring substituents is 1. The minimum absolute atomic E-state index is 0.0358. The Balaban J connectivity index is 1.61. The van der Waals surface area contributed by atoms with Crippen LogP contribution in [0.2, 0.25) is 0 Å². The minimum atomic E-state index is -0.572. The zero-order valence-electron chi connectivity index (χ0n) is 16.7. The summed E-state index contributed by atoms with van der Waals surface area (Å²) in [6, 6.07) is 9.43. The molecule has 2 aromatic rings. The zero-order valence-corrected chi connectivity index (χ0v) is 16.7. The molecule has 0 radical (unpaired) electrons. The van der Waals surface area contributed by atoms with Gasteiger partial charge in [-0.15, -0.1) is 0 Å². The van der Waals surface area contributed by atoms with Crippen LogP contribution < -0.4 is 14.4 Å². The summed E-state index contributed by atoms with van der Waals surface area (Å²) in [6.07, 6.45) is 1.82. The van der Waals surface area contributed by atoms with Crippen molar-refractivity contribution in [1.29, 1.82) is 0 Å². The van der Waals surface area contributed by atoms with E-state index in [0.717, 1.165) is 35.6 Å². The number of hydrogen-bond acceptors (Lipinski definition) is 6. The topological polar surface area (TPSA) is 103 Å². The summed E-state index contributed by atoms with van der Waals surface area (Å²) in [6.45, 7) is 0.976. The van der Waals surface area contributed by atoms with Crippen LogP contribution >= 0.6 is 0 Å². The van der Waals surface area contributed by atoms with Gasteiger partial charge in [0.15, 0.2) is 6.67 Å². The van der Waals surface area contributed by atoms with Gasteiger partial charge in [0.05, 0.1) is 42.4 Å². The molecule has 9 nitrogen and oxygen atoms in total. The molecule has 2 atom stereocenters. The van der Waals surface area contributed by atoms with Crippen LogP contribution in [0.5, 0.6) is 11.5 Å². The number of imide groups is 1. The van der Waals surface area contributed by atoms with Crippen LogP contribution in [-0.4, -0.2) is 49.1 Å². The molecule has 156 valence electrons. The van der Waals surface area contributed by atoms with Crippen molar-refractivity contribution in [3.05, 3.63) is 63.2 Å². The summed E-state index contributed by atoms with van der Waals surface area (Å²) in [5.41, 5.74) is 1.06. The second-order valence-corrected chi connectivity index (χ2v) is 7.39. The predicted octanol–water partition coefficient (Wildman–Crippen LogP) is 1.59. The number of nitrogens with one attached hydrogen (secondary N) is 1. The first-order valence-corrected chi connectivity index (χ1v) is 9.65. The highest BCUT2D eigenvalue weighted by molar-refractivity contribution is 6.21. The molecule has 0 aromatic heterocycles. The summed E-state index contributed by atoms with van der Waals surface area (Å²) in [4.78, 5) is 38.4. The van der Waals surface area contributed by atoms with Crippen molar-refractivity contribution in [1.82, 2.24) is 4.90 Å². The quantitative estimate of drug-likeness (QED) is 0.439. The lowest BCUT2D eigenvalue weighted by Crippen LogP contribution is -3.12. The van der Waals surface area contributed by atoms with Crippen molar-refractivity contribution < 1.29 is 28.9 Å². The number of benzene rings is 2. The lowest BCUT2D eigenvalue weighted by atomic mass is 10.0. The van der Waals surface area contributed by atoms with Crippen molar-refractivity contribution in [3.63, 3.8) is 0 Å². The van der Waals surface area contributed by atoms with E-state index in [2.05, 4.69) is 0 Å². The summed E-state index contributed by atoms with van der Waals surface area (Å²) < 4.78 is 10.9. The number of fused-ring (bicyclic) bond motifs is 1. The number of quaternary nitrogens is 1. The van der Waals surface area contributed by atoms with Crippen LogP contribution in [0.15, 0.2) is 36.4 Å². The SMILES string of the molecule is COc1ccc(OC)c([C@H]2CCC[NH+]2CN2C(=O)c3ccc([N+](=O)[O-])cc3C2=O)c1. The third-order valence-electron chi connectivity index (χ3n) is 5.82. The van der Waals surface area contributed by atoms with Gasteiger partial charge >= 0.3 is 0 Å². The highest BCUT2D eigenvalue weighted by Crippen LogP contribution is 2.32. The highest BCUT2D eigenvalue weighted by Gasteiger charge is 2.42. The fraction of sp³-hybridized carbons (Fsp3) is 0.333. The van der Waals surface area contributed by atoms with Gasteiger partial charge in [0.25, 0.3) is 17.5 Å². The molecule has 0 spiro atoms. The Morgan fingerprint density at radius 2 is 1.87 bits per heavy atom. The van der Waals surface area contributed by atoms with Crippen LogP contribution in [-0.2, 0) is 0 Å².